The molecule has 0 fully saturated rings. The predicted molar refractivity (Wildman–Crippen MR) is 96.2 cm³/mol. The van der Waals surface area contributed by atoms with Crippen LogP contribution >= 0.6 is 0 Å². The Morgan fingerprint density at radius 1 is 1.12 bits per heavy atom. The van der Waals surface area contributed by atoms with Crippen molar-refractivity contribution in [2.24, 2.45) is 5.73 Å². The fraction of sp³-hybridized carbons (Fsp3) is 0.0952. The zero-order chi connectivity index (χ0) is 18.3. The van der Waals surface area contributed by atoms with Gasteiger partial charge in [0.05, 0.1) is 13.0 Å². The molecule has 3 aromatic carbocycles. The Bertz CT molecular complexity index is 1080. The van der Waals surface area contributed by atoms with Crippen LogP contribution in [0.3, 0.4) is 0 Å². The van der Waals surface area contributed by atoms with Crippen LogP contribution < -0.4 is 15.2 Å². The third kappa shape index (κ3) is 2.35. The van der Waals surface area contributed by atoms with E-state index in [-0.39, 0.29) is 11.7 Å². The number of hydrogen-bond donors (Lipinski definition) is 1. The molecule has 3 aromatic rings. The Morgan fingerprint density at radius 2 is 1.81 bits per heavy atom. The largest absolute Gasteiger partial charge is 0.496 e. The highest BCUT2D eigenvalue weighted by atomic mass is 19.1. The molecule has 0 unspecified atom stereocenters. The molecule has 0 bridgehead atoms. The first-order valence-electron chi connectivity index (χ1n) is 8.06. The summed E-state index contributed by atoms with van der Waals surface area (Å²) in [6.45, 7) is 0. The number of fused-ring (bicyclic) bond motifs is 3. The third-order valence-electron chi connectivity index (χ3n) is 4.61. The molecule has 4 rings (SSSR count). The maximum absolute atomic E-state index is 13.4. The van der Waals surface area contributed by atoms with Crippen LogP contribution in [0.1, 0.15) is 17.0 Å². The number of methoxy groups -OCH3 is 1. The molecule has 0 amide bonds. The van der Waals surface area contributed by atoms with Gasteiger partial charge in [0, 0.05) is 16.3 Å². The summed E-state index contributed by atoms with van der Waals surface area (Å²) >= 11 is 0. The fourth-order valence-electron chi connectivity index (χ4n) is 3.42. The summed E-state index contributed by atoms with van der Waals surface area (Å²) in [4.78, 5) is 0. The van der Waals surface area contributed by atoms with E-state index >= 15 is 0 Å². The first-order valence-corrected chi connectivity index (χ1v) is 8.06. The standard InChI is InChI=1S/C21H15FN2O2/c1-25-18-10-16-19(12-6-8-13(22)9-7-12)17(11-23)21(24)26-20(16)15-5-3-2-4-14(15)18/h2-10,19H,24H2,1H3/t19-/m0/s1. The Labute approximate surface area is 149 Å². The second-order valence-corrected chi connectivity index (χ2v) is 6.02. The van der Waals surface area contributed by atoms with Crippen LogP contribution in [0.5, 0.6) is 11.5 Å². The maximum atomic E-state index is 13.4. The average molecular weight is 346 g/mol. The van der Waals surface area contributed by atoms with Crippen LogP contribution in [-0.4, -0.2) is 7.11 Å². The predicted octanol–water partition coefficient (Wildman–Crippen LogP) is 4.21. The topological polar surface area (TPSA) is 68.3 Å². The maximum Gasteiger partial charge on any atom is 0.205 e. The summed E-state index contributed by atoms with van der Waals surface area (Å²) in [5.41, 5.74) is 7.87. The number of allylic oxidation sites excluding steroid dienone is 1. The number of ether oxygens (including phenoxy) is 2. The van der Waals surface area contributed by atoms with E-state index in [9.17, 15) is 9.65 Å². The van der Waals surface area contributed by atoms with Gasteiger partial charge < -0.3 is 15.2 Å². The van der Waals surface area contributed by atoms with Gasteiger partial charge in [-0.25, -0.2) is 4.39 Å². The van der Waals surface area contributed by atoms with Gasteiger partial charge in [-0.2, -0.15) is 5.26 Å². The Hall–Kier alpha value is -3.52. The lowest BCUT2D eigenvalue weighted by Crippen LogP contribution is -2.21. The number of halogens is 1. The number of nitriles is 1. The van der Waals surface area contributed by atoms with Crippen LogP contribution in [0.2, 0.25) is 0 Å². The highest BCUT2D eigenvalue weighted by molar-refractivity contribution is 5.95. The molecule has 4 nitrogen and oxygen atoms in total. The highest BCUT2D eigenvalue weighted by Crippen LogP contribution is 2.47. The van der Waals surface area contributed by atoms with E-state index in [1.807, 2.05) is 30.3 Å². The van der Waals surface area contributed by atoms with Crippen LogP contribution in [0.4, 0.5) is 4.39 Å². The average Bonchev–Trinajstić information content (AvgIpc) is 2.67. The van der Waals surface area contributed by atoms with E-state index in [2.05, 4.69) is 6.07 Å². The molecule has 1 atom stereocenters. The van der Waals surface area contributed by atoms with Crippen molar-refractivity contribution >= 4 is 10.8 Å². The minimum Gasteiger partial charge on any atom is -0.496 e. The zero-order valence-corrected chi connectivity index (χ0v) is 14.0. The van der Waals surface area contributed by atoms with Crippen molar-refractivity contribution in [3.63, 3.8) is 0 Å². The highest BCUT2D eigenvalue weighted by Gasteiger charge is 2.32. The van der Waals surface area contributed by atoms with Crippen LogP contribution in [0.25, 0.3) is 10.8 Å². The van der Waals surface area contributed by atoms with E-state index in [1.54, 1.807) is 19.2 Å². The molecule has 0 saturated heterocycles. The summed E-state index contributed by atoms with van der Waals surface area (Å²) in [6.07, 6.45) is 0. The van der Waals surface area contributed by atoms with Gasteiger partial charge in [-0.1, -0.05) is 36.4 Å². The second-order valence-electron chi connectivity index (χ2n) is 6.02. The normalized spacial score (nSPS) is 16.0. The van der Waals surface area contributed by atoms with Gasteiger partial charge in [0.1, 0.15) is 29.0 Å². The lowest BCUT2D eigenvalue weighted by atomic mass is 9.82. The number of nitrogens with two attached hydrogens (primary N) is 1. The molecule has 0 spiro atoms. The van der Waals surface area contributed by atoms with E-state index in [0.29, 0.717) is 17.1 Å². The Balaban J connectivity index is 2.05. The Kier molecular flexibility index (Phi) is 3.74. The molecular formula is C21H15FN2O2. The van der Waals surface area contributed by atoms with Gasteiger partial charge >= 0.3 is 0 Å². The van der Waals surface area contributed by atoms with Crippen molar-refractivity contribution in [2.75, 3.05) is 7.11 Å². The molecule has 0 aromatic heterocycles. The summed E-state index contributed by atoms with van der Waals surface area (Å²) < 4.78 is 24.8. The van der Waals surface area contributed by atoms with Crippen molar-refractivity contribution in [2.45, 2.75) is 5.92 Å². The quantitative estimate of drug-likeness (QED) is 0.755. The van der Waals surface area contributed by atoms with Crippen LogP contribution in [-0.2, 0) is 0 Å². The summed E-state index contributed by atoms with van der Waals surface area (Å²) in [6, 6.07) is 17.7. The molecule has 0 aliphatic carbocycles. The molecule has 1 aliphatic heterocycles. The van der Waals surface area contributed by atoms with Crippen molar-refractivity contribution < 1.29 is 13.9 Å². The van der Waals surface area contributed by atoms with Gasteiger partial charge in [0.15, 0.2) is 0 Å². The van der Waals surface area contributed by atoms with Crippen LogP contribution in [0, 0.1) is 17.1 Å². The van der Waals surface area contributed by atoms with Crippen molar-refractivity contribution in [3.05, 3.63) is 83.0 Å². The van der Waals surface area contributed by atoms with E-state index in [4.69, 9.17) is 15.2 Å². The van der Waals surface area contributed by atoms with Gasteiger partial charge in [-0.3, -0.25) is 0 Å². The summed E-state index contributed by atoms with van der Waals surface area (Å²) in [7, 11) is 1.60. The molecule has 2 N–H and O–H groups in total. The fourth-order valence-corrected chi connectivity index (χ4v) is 3.42. The van der Waals surface area contributed by atoms with Crippen molar-refractivity contribution in [1.29, 1.82) is 5.26 Å². The zero-order valence-electron chi connectivity index (χ0n) is 14.0. The molecule has 1 heterocycles. The number of rotatable bonds is 2. The molecule has 0 saturated carbocycles. The first-order chi connectivity index (χ1) is 12.6. The third-order valence-corrected chi connectivity index (χ3v) is 4.61. The van der Waals surface area contributed by atoms with Crippen molar-refractivity contribution in [1.82, 2.24) is 0 Å². The van der Waals surface area contributed by atoms with E-state index in [0.717, 1.165) is 21.9 Å². The number of hydrogen-bond acceptors (Lipinski definition) is 4. The molecule has 0 radical (unpaired) electrons. The van der Waals surface area contributed by atoms with E-state index < -0.39 is 5.92 Å². The van der Waals surface area contributed by atoms with Crippen LogP contribution in [0.15, 0.2) is 66.1 Å². The number of nitrogens with zero attached hydrogens (tertiary/aromatic N) is 1. The summed E-state index contributed by atoms with van der Waals surface area (Å²) in [5.74, 6) is 0.528. The smallest absolute Gasteiger partial charge is 0.205 e. The molecule has 5 heteroatoms. The Morgan fingerprint density at radius 3 is 2.46 bits per heavy atom. The van der Waals surface area contributed by atoms with Gasteiger partial charge in [-0.05, 0) is 23.8 Å². The van der Waals surface area contributed by atoms with Gasteiger partial charge in [0.2, 0.25) is 5.88 Å². The van der Waals surface area contributed by atoms with Crippen molar-refractivity contribution in [3.8, 4) is 17.6 Å². The summed E-state index contributed by atoms with van der Waals surface area (Å²) in [5, 5.41) is 11.4. The first kappa shape index (κ1) is 16.0. The lowest BCUT2D eigenvalue weighted by molar-refractivity contribution is 0.393. The number of benzene rings is 3. The lowest BCUT2D eigenvalue weighted by Gasteiger charge is -2.28. The minimum atomic E-state index is -0.456. The minimum absolute atomic E-state index is 0.0599. The van der Waals surface area contributed by atoms with Gasteiger partial charge in [0.25, 0.3) is 0 Å². The SMILES string of the molecule is COc1cc2c(c3ccccc13)OC(N)=C(C#N)[C@H]2c1ccc(F)cc1. The molecule has 26 heavy (non-hydrogen) atoms. The molecule has 128 valence electrons. The monoisotopic (exact) mass is 346 g/mol. The second kappa shape index (κ2) is 6.08. The molecular weight excluding hydrogens is 331 g/mol. The van der Waals surface area contributed by atoms with Gasteiger partial charge in [-0.15, -0.1) is 0 Å². The molecule has 1 aliphatic rings. The van der Waals surface area contributed by atoms with E-state index in [1.165, 1.54) is 12.1 Å².